The third kappa shape index (κ3) is 13.6. The molecule has 2 aromatic rings. The molecule has 0 bridgehead atoms. The topological polar surface area (TPSA) is 55.1 Å². The van der Waals surface area contributed by atoms with E-state index in [9.17, 15) is 4.79 Å². The van der Waals surface area contributed by atoms with Crippen molar-refractivity contribution in [1.82, 2.24) is 0 Å². The molecule has 2 atom stereocenters. The molecule has 1 aliphatic carbocycles. The fourth-order valence-electron chi connectivity index (χ4n) is 3.47. The first-order chi connectivity index (χ1) is 15.9. The van der Waals surface area contributed by atoms with Gasteiger partial charge < -0.3 is 11.1 Å². The summed E-state index contributed by atoms with van der Waals surface area (Å²) in [7, 11) is 0. The molecule has 3 N–H and O–H groups in total. The monoisotopic (exact) mass is 454 g/mol. The minimum Gasteiger partial charge on any atom is -0.399 e. The predicted octanol–water partition coefficient (Wildman–Crippen LogP) is 8.97. The number of anilines is 2. The van der Waals surface area contributed by atoms with E-state index in [1.807, 2.05) is 111 Å². The van der Waals surface area contributed by atoms with Crippen LogP contribution in [0.15, 0.2) is 60.7 Å². The molecule has 186 valence electrons. The first-order valence-corrected chi connectivity index (χ1v) is 12.7. The van der Waals surface area contributed by atoms with Gasteiger partial charge in [0.15, 0.2) is 0 Å². The van der Waals surface area contributed by atoms with Gasteiger partial charge in [0.05, 0.1) is 0 Å². The van der Waals surface area contributed by atoms with E-state index in [0.717, 1.165) is 36.2 Å². The summed E-state index contributed by atoms with van der Waals surface area (Å²) in [4.78, 5) is 12.4. The highest BCUT2D eigenvalue weighted by Gasteiger charge is 2.31. The Morgan fingerprint density at radius 3 is 1.58 bits per heavy atom. The van der Waals surface area contributed by atoms with Crippen LogP contribution < -0.4 is 11.1 Å². The number of carbonyl (C=O) groups excluding carboxylic acids is 1. The van der Waals surface area contributed by atoms with Crippen LogP contribution in [0.25, 0.3) is 0 Å². The molecule has 1 saturated carbocycles. The minimum absolute atomic E-state index is 0.0903. The second-order valence-electron chi connectivity index (χ2n) is 7.61. The third-order valence-corrected chi connectivity index (χ3v) is 5.13. The van der Waals surface area contributed by atoms with Gasteiger partial charge in [-0.15, -0.1) is 0 Å². The molecule has 1 aliphatic rings. The number of aryl methyl sites for hydroxylation is 2. The van der Waals surface area contributed by atoms with Crippen LogP contribution in [0, 0.1) is 25.7 Å². The number of allylic oxidation sites excluding steroid dienone is 1. The zero-order valence-electron chi connectivity index (χ0n) is 22.8. The van der Waals surface area contributed by atoms with Gasteiger partial charge in [0.25, 0.3) is 0 Å². The van der Waals surface area contributed by atoms with Crippen molar-refractivity contribution >= 4 is 17.3 Å². The van der Waals surface area contributed by atoms with Crippen LogP contribution >= 0.6 is 0 Å². The normalized spacial score (nSPS) is 15.9. The van der Waals surface area contributed by atoms with E-state index in [4.69, 9.17) is 5.73 Å². The summed E-state index contributed by atoms with van der Waals surface area (Å²) >= 11 is 0. The molecule has 0 aliphatic heterocycles. The quantitative estimate of drug-likeness (QED) is 0.359. The van der Waals surface area contributed by atoms with Crippen LogP contribution in [-0.2, 0) is 4.79 Å². The number of benzene rings is 2. The van der Waals surface area contributed by atoms with Crippen LogP contribution in [0.2, 0.25) is 0 Å². The fourth-order valence-corrected chi connectivity index (χ4v) is 3.47. The van der Waals surface area contributed by atoms with E-state index < -0.39 is 0 Å². The first-order valence-electron chi connectivity index (χ1n) is 12.7. The molecule has 1 amide bonds. The Morgan fingerprint density at radius 1 is 0.788 bits per heavy atom. The summed E-state index contributed by atoms with van der Waals surface area (Å²) in [6, 6.07) is 15.8. The van der Waals surface area contributed by atoms with Crippen molar-refractivity contribution in [2.75, 3.05) is 11.1 Å². The first kappa shape index (κ1) is 32.6. The van der Waals surface area contributed by atoms with Crippen molar-refractivity contribution < 1.29 is 4.79 Å². The van der Waals surface area contributed by atoms with Gasteiger partial charge in [0.1, 0.15) is 0 Å². The Morgan fingerprint density at radius 2 is 1.18 bits per heavy atom. The van der Waals surface area contributed by atoms with Gasteiger partial charge in [-0.1, -0.05) is 102 Å². The van der Waals surface area contributed by atoms with Crippen LogP contribution in [0.3, 0.4) is 0 Å². The van der Waals surface area contributed by atoms with Gasteiger partial charge in [-0.05, 0) is 63.8 Å². The second kappa shape index (κ2) is 20.1. The van der Waals surface area contributed by atoms with E-state index in [-0.39, 0.29) is 11.8 Å². The number of hydrogen-bond acceptors (Lipinski definition) is 2. The Bertz CT molecular complexity index is 727. The summed E-state index contributed by atoms with van der Waals surface area (Å²) in [5.41, 5.74) is 10.7. The zero-order valence-corrected chi connectivity index (χ0v) is 22.8. The second-order valence-corrected chi connectivity index (χ2v) is 7.61. The lowest BCUT2D eigenvalue weighted by Gasteiger charge is -2.31. The highest BCUT2D eigenvalue weighted by Crippen LogP contribution is 2.35. The molecule has 3 heteroatoms. The van der Waals surface area contributed by atoms with E-state index in [0.29, 0.717) is 5.92 Å². The average molecular weight is 455 g/mol. The molecule has 3 nitrogen and oxygen atoms in total. The maximum absolute atomic E-state index is 12.4. The SMILES string of the molecule is C=C(C)C1CCCCC1C(=O)Nc1ccc(C)cc1.CC.CC.CC.Cc1ccc(N)cc1. The Balaban J connectivity index is 0. The molecule has 2 aromatic carbocycles. The number of nitrogens with one attached hydrogen (secondary N) is 1. The maximum Gasteiger partial charge on any atom is 0.228 e. The molecule has 0 spiro atoms. The fraction of sp³-hybridized carbons (Fsp3) is 0.500. The zero-order chi connectivity index (χ0) is 25.8. The molecule has 0 aromatic heterocycles. The lowest BCUT2D eigenvalue weighted by Crippen LogP contribution is -2.32. The maximum atomic E-state index is 12.4. The summed E-state index contributed by atoms with van der Waals surface area (Å²) in [5.74, 6) is 0.586. The number of rotatable bonds is 3. The van der Waals surface area contributed by atoms with Crippen molar-refractivity contribution in [1.29, 1.82) is 0 Å². The minimum atomic E-state index is 0.0903. The van der Waals surface area contributed by atoms with Gasteiger partial charge >= 0.3 is 0 Å². The molecule has 0 heterocycles. The summed E-state index contributed by atoms with van der Waals surface area (Å²) in [5, 5.41) is 3.04. The molecule has 2 unspecified atom stereocenters. The number of nitrogens with two attached hydrogens (primary N) is 1. The van der Waals surface area contributed by atoms with Crippen molar-refractivity contribution in [3.05, 3.63) is 71.8 Å². The van der Waals surface area contributed by atoms with Gasteiger partial charge in [-0.25, -0.2) is 0 Å². The number of amides is 1. The van der Waals surface area contributed by atoms with Crippen LogP contribution in [0.1, 0.15) is 85.3 Å². The Kier molecular flexibility index (Phi) is 19.9. The summed E-state index contributed by atoms with van der Waals surface area (Å²) in [6.45, 7) is 22.2. The van der Waals surface area contributed by atoms with E-state index >= 15 is 0 Å². The highest BCUT2D eigenvalue weighted by atomic mass is 16.1. The number of carbonyl (C=O) groups is 1. The van der Waals surface area contributed by atoms with Crippen LogP contribution in [-0.4, -0.2) is 5.91 Å². The third-order valence-electron chi connectivity index (χ3n) is 5.13. The van der Waals surface area contributed by atoms with E-state index in [1.54, 1.807) is 0 Å². The van der Waals surface area contributed by atoms with E-state index in [2.05, 4.69) is 11.9 Å². The van der Waals surface area contributed by atoms with Crippen LogP contribution in [0.5, 0.6) is 0 Å². The van der Waals surface area contributed by atoms with Gasteiger partial charge in [0, 0.05) is 17.3 Å². The summed E-state index contributed by atoms with van der Waals surface area (Å²) < 4.78 is 0. The highest BCUT2D eigenvalue weighted by molar-refractivity contribution is 5.93. The standard InChI is InChI=1S/C17H23NO.C7H9N.3C2H6/c1-12(2)15-6-4-5-7-16(15)17(19)18-14-10-8-13(3)9-11-14;1-6-2-4-7(8)5-3-6;3*1-2/h8-11,15-16H,1,4-7H2,2-3H3,(H,18,19);2-5H,8H2,1H3;3*1-2H3. The molecular weight excluding hydrogens is 404 g/mol. The Labute approximate surface area is 204 Å². The molecule has 1 fully saturated rings. The van der Waals surface area contributed by atoms with Gasteiger partial charge in [-0.2, -0.15) is 0 Å². The molecule has 0 saturated heterocycles. The molecular formula is C30H50N2O. The smallest absolute Gasteiger partial charge is 0.228 e. The van der Waals surface area contributed by atoms with Crippen molar-refractivity contribution in [2.45, 2.75) is 88.0 Å². The Hall–Kier alpha value is -2.55. The van der Waals surface area contributed by atoms with E-state index in [1.165, 1.54) is 17.5 Å². The van der Waals surface area contributed by atoms with Crippen molar-refractivity contribution in [3.8, 4) is 0 Å². The van der Waals surface area contributed by atoms with Crippen LogP contribution in [0.4, 0.5) is 11.4 Å². The predicted molar refractivity (Wildman–Crippen MR) is 150 cm³/mol. The molecule has 3 rings (SSSR count). The number of nitrogen functional groups attached to an aromatic ring is 1. The lowest BCUT2D eigenvalue weighted by molar-refractivity contribution is -0.122. The molecule has 0 radical (unpaired) electrons. The summed E-state index contributed by atoms with van der Waals surface area (Å²) in [6.07, 6.45) is 4.44. The van der Waals surface area contributed by atoms with Crippen molar-refractivity contribution in [3.63, 3.8) is 0 Å². The van der Waals surface area contributed by atoms with Gasteiger partial charge in [-0.3, -0.25) is 4.79 Å². The lowest BCUT2D eigenvalue weighted by atomic mass is 9.75. The molecule has 33 heavy (non-hydrogen) atoms. The van der Waals surface area contributed by atoms with Crippen molar-refractivity contribution in [2.24, 2.45) is 11.8 Å². The average Bonchev–Trinajstić information content (AvgIpc) is 2.86. The van der Waals surface area contributed by atoms with Gasteiger partial charge in [0.2, 0.25) is 5.91 Å². The number of hydrogen-bond donors (Lipinski definition) is 2. The largest absolute Gasteiger partial charge is 0.399 e.